The molecule has 2 aromatic heterocycles. The minimum Gasteiger partial charge on any atom is -0.370 e. The summed E-state index contributed by atoms with van der Waals surface area (Å²) in [7, 11) is 0. The Morgan fingerprint density at radius 3 is 2.83 bits per heavy atom. The first kappa shape index (κ1) is 19.0. The molecule has 0 saturated carbocycles. The molecule has 0 aliphatic heterocycles. The van der Waals surface area contributed by atoms with Crippen molar-refractivity contribution in [2.24, 2.45) is 5.73 Å². The molecule has 0 unspecified atom stereocenters. The highest BCUT2D eigenvalue weighted by molar-refractivity contribution is 7.18. The van der Waals surface area contributed by atoms with Crippen molar-refractivity contribution in [1.29, 1.82) is 0 Å². The predicted molar refractivity (Wildman–Crippen MR) is 121 cm³/mol. The summed E-state index contributed by atoms with van der Waals surface area (Å²) < 4.78 is 1.78. The van der Waals surface area contributed by atoms with Crippen molar-refractivity contribution in [2.75, 3.05) is 0 Å². The van der Waals surface area contributed by atoms with Crippen molar-refractivity contribution < 1.29 is 4.79 Å². The number of amides is 1. The largest absolute Gasteiger partial charge is 0.370 e. The van der Waals surface area contributed by atoms with Crippen molar-refractivity contribution >= 4 is 38.2 Å². The van der Waals surface area contributed by atoms with Gasteiger partial charge in [-0.05, 0) is 47.6 Å². The van der Waals surface area contributed by atoms with Crippen LogP contribution in [-0.2, 0) is 30.6 Å². The first-order valence-corrected chi connectivity index (χ1v) is 11.2. The van der Waals surface area contributed by atoms with Crippen LogP contribution in [0.5, 0.6) is 0 Å². The molecule has 4 aromatic rings. The number of rotatable bonds is 6. The molecule has 0 saturated heterocycles. The van der Waals surface area contributed by atoms with Crippen LogP contribution in [0.25, 0.3) is 21.0 Å². The molecule has 1 aliphatic rings. The minimum atomic E-state index is -0.343. The Labute approximate surface area is 178 Å². The van der Waals surface area contributed by atoms with Gasteiger partial charge in [-0.15, -0.1) is 11.3 Å². The molecule has 0 radical (unpaired) electrons. The lowest BCUT2D eigenvalue weighted by Crippen LogP contribution is -2.26. The fourth-order valence-electron chi connectivity index (χ4n) is 4.51. The van der Waals surface area contributed by atoms with Gasteiger partial charge in [-0.1, -0.05) is 42.5 Å². The molecule has 152 valence electrons. The van der Waals surface area contributed by atoms with E-state index in [4.69, 9.17) is 10.7 Å². The Kier molecular flexibility index (Phi) is 4.87. The van der Waals surface area contributed by atoms with E-state index in [1.165, 1.54) is 21.2 Å². The zero-order valence-corrected chi connectivity index (χ0v) is 17.5. The second kappa shape index (κ2) is 7.69. The minimum absolute atomic E-state index is 0.0270. The molecule has 0 atom stereocenters. The van der Waals surface area contributed by atoms with E-state index < -0.39 is 0 Å². The number of fused-ring (bicyclic) bond motifs is 4. The topological polar surface area (TPSA) is 78.0 Å². The third kappa shape index (κ3) is 3.31. The first-order valence-electron chi connectivity index (χ1n) is 10.4. The maximum Gasteiger partial charge on any atom is 0.262 e. The predicted octanol–water partition coefficient (Wildman–Crippen LogP) is 3.96. The molecule has 5 nitrogen and oxygen atoms in total. The van der Waals surface area contributed by atoms with Crippen LogP contribution in [0.1, 0.15) is 41.1 Å². The summed E-state index contributed by atoms with van der Waals surface area (Å²) in [6.45, 7) is 0.454. The molecule has 0 fully saturated rings. The summed E-state index contributed by atoms with van der Waals surface area (Å²) in [5.41, 5.74) is 7.69. The number of hydrogen-bond donors (Lipinski definition) is 1. The molecule has 0 spiro atoms. The molecular weight excluding hydrogens is 394 g/mol. The molecule has 0 bridgehead atoms. The normalized spacial score (nSPS) is 13.2. The van der Waals surface area contributed by atoms with Gasteiger partial charge in [0, 0.05) is 24.3 Å². The quantitative estimate of drug-likeness (QED) is 0.516. The molecule has 30 heavy (non-hydrogen) atoms. The average Bonchev–Trinajstić information content (AvgIpc) is 3.31. The van der Waals surface area contributed by atoms with Gasteiger partial charge in [-0.3, -0.25) is 14.2 Å². The third-order valence-corrected chi connectivity index (χ3v) is 7.12. The number of hydrogen-bond acceptors (Lipinski definition) is 4. The molecule has 2 N–H and O–H groups in total. The number of thiophene rings is 1. The van der Waals surface area contributed by atoms with E-state index >= 15 is 0 Å². The van der Waals surface area contributed by atoms with Crippen molar-refractivity contribution in [2.45, 2.75) is 45.1 Å². The van der Waals surface area contributed by atoms with E-state index in [9.17, 15) is 9.59 Å². The zero-order chi connectivity index (χ0) is 20.7. The van der Waals surface area contributed by atoms with Crippen LogP contribution in [0.15, 0.2) is 47.3 Å². The third-order valence-electron chi connectivity index (χ3n) is 5.94. The Balaban J connectivity index is 1.64. The molecule has 1 amide bonds. The molecule has 2 heterocycles. The summed E-state index contributed by atoms with van der Waals surface area (Å²) >= 11 is 1.67. The Bertz CT molecular complexity index is 1330. The summed E-state index contributed by atoms with van der Waals surface area (Å²) in [4.78, 5) is 31.9. The van der Waals surface area contributed by atoms with Gasteiger partial charge in [-0.2, -0.15) is 0 Å². The monoisotopic (exact) mass is 417 g/mol. The van der Waals surface area contributed by atoms with Gasteiger partial charge in [0.2, 0.25) is 5.91 Å². The number of aryl methyl sites for hydroxylation is 2. The van der Waals surface area contributed by atoms with E-state index in [0.29, 0.717) is 19.4 Å². The Morgan fingerprint density at radius 1 is 1.13 bits per heavy atom. The maximum atomic E-state index is 13.5. The molecule has 2 aromatic carbocycles. The Hall–Kier alpha value is -2.99. The van der Waals surface area contributed by atoms with Crippen LogP contribution in [0.3, 0.4) is 0 Å². The van der Waals surface area contributed by atoms with Gasteiger partial charge in [0.05, 0.1) is 5.39 Å². The van der Waals surface area contributed by atoms with Crippen molar-refractivity contribution in [3.63, 3.8) is 0 Å². The second-order valence-electron chi connectivity index (χ2n) is 7.91. The highest BCUT2D eigenvalue weighted by atomic mass is 32.1. The van der Waals surface area contributed by atoms with Crippen molar-refractivity contribution in [3.8, 4) is 0 Å². The zero-order valence-electron chi connectivity index (χ0n) is 16.7. The number of nitrogens with zero attached hydrogens (tertiary/aromatic N) is 2. The van der Waals surface area contributed by atoms with Crippen molar-refractivity contribution in [3.05, 3.63) is 74.6 Å². The number of aromatic nitrogens is 2. The van der Waals surface area contributed by atoms with Gasteiger partial charge >= 0.3 is 0 Å². The van der Waals surface area contributed by atoms with Crippen LogP contribution >= 0.6 is 11.3 Å². The van der Waals surface area contributed by atoms with Gasteiger partial charge in [0.1, 0.15) is 10.7 Å². The molecular formula is C24H23N3O2S. The first-order chi connectivity index (χ1) is 14.6. The van der Waals surface area contributed by atoms with Gasteiger partial charge in [0.15, 0.2) is 0 Å². The number of primary amides is 1. The van der Waals surface area contributed by atoms with Crippen LogP contribution in [0.2, 0.25) is 0 Å². The van der Waals surface area contributed by atoms with Crippen LogP contribution < -0.4 is 11.3 Å². The Morgan fingerprint density at radius 2 is 1.97 bits per heavy atom. The van der Waals surface area contributed by atoms with E-state index in [1.807, 2.05) is 18.2 Å². The maximum absolute atomic E-state index is 13.5. The number of carbonyl (C=O) groups excluding carboxylic acids is 1. The van der Waals surface area contributed by atoms with E-state index in [1.54, 1.807) is 15.9 Å². The summed E-state index contributed by atoms with van der Waals surface area (Å²) in [6, 6.07) is 14.5. The van der Waals surface area contributed by atoms with E-state index in [-0.39, 0.29) is 17.9 Å². The number of nitrogens with two attached hydrogens (primary N) is 1. The SMILES string of the molecule is NC(=O)CCCn1c(Cc2cccc3ccccc23)nc2sc3c(c2c1=O)CCC3. The molecule has 6 heteroatoms. The fraction of sp³-hybridized carbons (Fsp3) is 0.292. The van der Waals surface area contributed by atoms with Gasteiger partial charge in [0.25, 0.3) is 5.56 Å². The van der Waals surface area contributed by atoms with Crippen LogP contribution in [-0.4, -0.2) is 15.5 Å². The van der Waals surface area contributed by atoms with Gasteiger partial charge < -0.3 is 5.73 Å². The van der Waals surface area contributed by atoms with E-state index in [2.05, 4.69) is 24.3 Å². The van der Waals surface area contributed by atoms with Crippen molar-refractivity contribution in [1.82, 2.24) is 9.55 Å². The lowest BCUT2D eigenvalue weighted by molar-refractivity contribution is -0.118. The highest BCUT2D eigenvalue weighted by Crippen LogP contribution is 2.35. The van der Waals surface area contributed by atoms with Gasteiger partial charge in [-0.25, -0.2) is 4.98 Å². The van der Waals surface area contributed by atoms with E-state index in [0.717, 1.165) is 40.9 Å². The standard InChI is InChI=1S/C24H23N3O2S/c25-20(28)12-5-13-27-21(14-16-8-3-7-15-6-1-2-9-17(15)16)26-23-22(24(27)29)18-10-4-11-19(18)30-23/h1-3,6-9H,4-5,10-14H2,(H2,25,28). The average molecular weight is 418 g/mol. The second-order valence-corrected chi connectivity index (χ2v) is 8.99. The molecule has 1 aliphatic carbocycles. The summed E-state index contributed by atoms with van der Waals surface area (Å²) in [5, 5.41) is 3.13. The lowest BCUT2D eigenvalue weighted by atomic mass is 10.0. The number of carbonyl (C=O) groups is 1. The fourth-order valence-corrected chi connectivity index (χ4v) is 5.78. The highest BCUT2D eigenvalue weighted by Gasteiger charge is 2.23. The summed E-state index contributed by atoms with van der Waals surface area (Å²) in [6.07, 6.45) is 4.48. The van der Waals surface area contributed by atoms with Crippen LogP contribution in [0, 0.1) is 0 Å². The van der Waals surface area contributed by atoms with Crippen LogP contribution in [0.4, 0.5) is 0 Å². The summed E-state index contributed by atoms with van der Waals surface area (Å²) in [5.74, 6) is 0.414. The lowest BCUT2D eigenvalue weighted by Gasteiger charge is -2.14. The molecule has 5 rings (SSSR count). The number of benzene rings is 2. The smallest absolute Gasteiger partial charge is 0.262 e.